The first kappa shape index (κ1) is 20.5. The van der Waals surface area contributed by atoms with E-state index in [0.717, 1.165) is 17.0 Å². The Morgan fingerprint density at radius 3 is 2.19 bits per heavy atom. The molecule has 0 aliphatic carbocycles. The molecule has 158 valence electrons. The predicted octanol–water partition coefficient (Wildman–Crippen LogP) is 4.44. The highest BCUT2D eigenvalue weighted by Gasteiger charge is 2.41. The van der Waals surface area contributed by atoms with Crippen molar-refractivity contribution in [3.05, 3.63) is 76.1 Å². The topological polar surface area (TPSA) is 67.9 Å². The number of halogens is 2. The molecule has 0 fully saturated rings. The van der Waals surface area contributed by atoms with Crippen molar-refractivity contribution in [3.63, 3.8) is 0 Å². The second-order valence-corrected chi connectivity index (χ2v) is 7.45. The fraction of sp³-hybridized carbons (Fsp3) is 0.0909. The molecule has 2 aromatic carbocycles. The minimum Gasteiger partial charge on any atom is -0.497 e. The summed E-state index contributed by atoms with van der Waals surface area (Å²) in [5, 5.41) is 4.75. The van der Waals surface area contributed by atoms with E-state index in [1.165, 1.54) is 31.6 Å². The minimum absolute atomic E-state index is 0.00693. The van der Waals surface area contributed by atoms with Crippen LogP contribution in [0.4, 0.5) is 20.2 Å². The summed E-state index contributed by atoms with van der Waals surface area (Å²) in [5.41, 5.74) is 0.524. The van der Waals surface area contributed by atoms with E-state index in [1.54, 1.807) is 35.7 Å². The second kappa shape index (κ2) is 8.19. The van der Waals surface area contributed by atoms with Crippen LogP contribution in [0.3, 0.4) is 0 Å². The number of benzene rings is 2. The summed E-state index contributed by atoms with van der Waals surface area (Å²) in [7, 11) is 2.98. The highest BCUT2D eigenvalue weighted by Crippen LogP contribution is 2.37. The molecule has 1 aliphatic rings. The number of carbonyl (C=O) groups is 2. The largest absolute Gasteiger partial charge is 0.497 e. The van der Waals surface area contributed by atoms with Gasteiger partial charge in [-0.3, -0.25) is 9.59 Å². The number of rotatable bonds is 6. The van der Waals surface area contributed by atoms with Crippen LogP contribution >= 0.6 is 11.3 Å². The predicted molar refractivity (Wildman–Crippen MR) is 113 cm³/mol. The first-order valence-electron chi connectivity index (χ1n) is 9.05. The van der Waals surface area contributed by atoms with Gasteiger partial charge in [-0.25, -0.2) is 13.7 Å². The lowest BCUT2D eigenvalue weighted by Gasteiger charge is -2.16. The molecule has 2 amide bonds. The van der Waals surface area contributed by atoms with Crippen molar-refractivity contribution in [2.75, 3.05) is 24.4 Å². The minimum atomic E-state index is -1.16. The van der Waals surface area contributed by atoms with E-state index in [1.807, 2.05) is 0 Å². The maximum absolute atomic E-state index is 13.8. The lowest BCUT2D eigenvalue weighted by molar-refractivity contribution is -0.120. The molecule has 9 heteroatoms. The summed E-state index contributed by atoms with van der Waals surface area (Å²) in [6.07, 6.45) is 0. The Morgan fingerprint density at radius 2 is 1.61 bits per heavy atom. The molecule has 1 aromatic heterocycles. The van der Waals surface area contributed by atoms with Crippen molar-refractivity contribution < 1.29 is 27.8 Å². The number of nitrogens with zero attached hydrogens (tertiary/aromatic N) is 1. The molecule has 0 bridgehead atoms. The van der Waals surface area contributed by atoms with Gasteiger partial charge in [0.15, 0.2) is 11.6 Å². The Bertz CT molecular complexity index is 1190. The molecule has 31 heavy (non-hydrogen) atoms. The molecule has 0 spiro atoms. The summed E-state index contributed by atoms with van der Waals surface area (Å²) in [6.45, 7) is 0. The lowest BCUT2D eigenvalue weighted by atomic mass is 10.1. The molecule has 0 saturated carbocycles. The monoisotopic (exact) mass is 442 g/mol. The lowest BCUT2D eigenvalue weighted by Crippen LogP contribution is -2.32. The van der Waals surface area contributed by atoms with Gasteiger partial charge in [-0.15, -0.1) is 11.3 Å². The van der Waals surface area contributed by atoms with Crippen LogP contribution in [0.1, 0.15) is 4.88 Å². The highest BCUT2D eigenvalue weighted by atomic mass is 32.1. The summed E-state index contributed by atoms with van der Waals surface area (Å²) in [5.74, 6) is -2.61. The maximum Gasteiger partial charge on any atom is 0.282 e. The van der Waals surface area contributed by atoms with Crippen LogP contribution in [0.5, 0.6) is 11.5 Å². The van der Waals surface area contributed by atoms with Crippen LogP contribution in [0.25, 0.3) is 5.57 Å². The highest BCUT2D eigenvalue weighted by molar-refractivity contribution is 7.11. The van der Waals surface area contributed by atoms with Gasteiger partial charge in [0.05, 0.1) is 25.5 Å². The standard InChI is InChI=1S/C22H16F2N2O4S/c1-29-14-8-12(9-15(11-14)30-2)25-20-19(18-4-3-7-31-18)21(27)26(22(20)28)13-5-6-16(23)17(24)10-13/h3-11,25H,1-2H3. The van der Waals surface area contributed by atoms with Crippen LogP contribution in [0.15, 0.2) is 59.6 Å². The first-order chi connectivity index (χ1) is 14.9. The molecule has 2 heterocycles. The molecule has 0 radical (unpaired) electrons. The summed E-state index contributed by atoms with van der Waals surface area (Å²) in [4.78, 5) is 27.8. The average molecular weight is 442 g/mol. The van der Waals surface area contributed by atoms with E-state index in [4.69, 9.17) is 9.47 Å². The van der Waals surface area contributed by atoms with Crippen LogP contribution in [-0.4, -0.2) is 26.0 Å². The average Bonchev–Trinajstić information content (AvgIpc) is 3.37. The SMILES string of the molecule is COc1cc(NC2=C(c3cccs3)C(=O)N(c3ccc(F)c(F)c3)C2=O)cc(OC)c1. The number of thiophene rings is 1. The van der Waals surface area contributed by atoms with E-state index in [9.17, 15) is 18.4 Å². The van der Waals surface area contributed by atoms with Crippen molar-refractivity contribution >= 4 is 40.1 Å². The van der Waals surface area contributed by atoms with E-state index in [0.29, 0.717) is 22.1 Å². The molecule has 1 aliphatic heterocycles. The van der Waals surface area contributed by atoms with Crippen LogP contribution < -0.4 is 19.7 Å². The van der Waals surface area contributed by atoms with Gasteiger partial charge >= 0.3 is 0 Å². The normalized spacial score (nSPS) is 13.7. The van der Waals surface area contributed by atoms with Crippen molar-refractivity contribution in [2.45, 2.75) is 0 Å². The number of carbonyl (C=O) groups excluding carboxylic acids is 2. The van der Waals surface area contributed by atoms with E-state index < -0.39 is 23.4 Å². The van der Waals surface area contributed by atoms with Gasteiger partial charge in [0.2, 0.25) is 0 Å². The molecule has 0 unspecified atom stereocenters. The quantitative estimate of drug-likeness (QED) is 0.572. The van der Waals surface area contributed by atoms with Gasteiger partial charge in [-0.2, -0.15) is 0 Å². The molecule has 1 N–H and O–H groups in total. The second-order valence-electron chi connectivity index (χ2n) is 6.50. The zero-order valence-electron chi connectivity index (χ0n) is 16.4. The molecule has 6 nitrogen and oxygen atoms in total. The maximum atomic E-state index is 13.8. The third-order valence-electron chi connectivity index (χ3n) is 4.63. The van der Waals surface area contributed by atoms with Gasteiger partial charge < -0.3 is 14.8 Å². The Hall–Kier alpha value is -3.72. The fourth-order valence-corrected chi connectivity index (χ4v) is 3.95. The van der Waals surface area contributed by atoms with E-state index in [-0.39, 0.29) is 17.0 Å². The van der Waals surface area contributed by atoms with E-state index >= 15 is 0 Å². The van der Waals surface area contributed by atoms with Crippen molar-refractivity contribution in [1.29, 1.82) is 0 Å². The zero-order valence-corrected chi connectivity index (χ0v) is 17.3. The fourth-order valence-electron chi connectivity index (χ4n) is 3.18. The molecular weight excluding hydrogens is 426 g/mol. The number of ether oxygens (including phenoxy) is 2. The Morgan fingerprint density at radius 1 is 0.903 bits per heavy atom. The number of nitrogens with one attached hydrogen (secondary N) is 1. The van der Waals surface area contributed by atoms with Gasteiger partial charge in [-0.05, 0) is 23.6 Å². The first-order valence-corrected chi connectivity index (χ1v) is 9.93. The van der Waals surface area contributed by atoms with Crippen molar-refractivity contribution in [2.24, 2.45) is 0 Å². The van der Waals surface area contributed by atoms with Gasteiger partial charge in [0.25, 0.3) is 11.8 Å². The third kappa shape index (κ3) is 3.75. The number of amides is 2. The number of hydrogen-bond acceptors (Lipinski definition) is 6. The number of hydrogen-bond donors (Lipinski definition) is 1. The number of methoxy groups -OCH3 is 2. The Kier molecular flexibility index (Phi) is 5.43. The summed E-state index contributed by atoms with van der Waals surface area (Å²) >= 11 is 1.28. The Balaban J connectivity index is 1.80. The van der Waals surface area contributed by atoms with Gasteiger partial charge in [-0.1, -0.05) is 6.07 Å². The zero-order chi connectivity index (χ0) is 22.1. The Labute approximate surface area is 180 Å². The third-order valence-corrected chi connectivity index (χ3v) is 5.52. The van der Waals surface area contributed by atoms with Crippen molar-refractivity contribution in [1.82, 2.24) is 0 Å². The molecule has 3 aromatic rings. The van der Waals surface area contributed by atoms with Crippen LogP contribution in [0.2, 0.25) is 0 Å². The molecular formula is C22H16F2N2O4S. The molecule has 0 saturated heterocycles. The number of anilines is 2. The van der Waals surface area contributed by atoms with Crippen molar-refractivity contribution in [3.8, 4) is 11.5 Å². The van der Waals surface area contributed by atoms with Crippen LogP contribution in [0, 0.1) is 11.6 Å². The smallest absolute Gasteiger partial charge is 0.282 e. The van der Waals surface area contributed by atoms with E-state index in [2.05, 4.69) is 5.32 Å². The molecule has 4 rings (SSSR count). The van der Waals surface area contributed by atoms with Gasteiger partial charge in [0.1, 0.15) is 17.2 Å². The summed E-state index contributed by atoms with van der Waals surface area (Å²) < 4.78 is 37.7. The molecule has 0 atom stereocenters. The summed E-state index contributed by atoms with van der Waals surface area (Å²) in [6, 6.07) is 11.2. The van der Waals surface area contributed by atoms with Crippen LogP contribution in [-0.2, 0) is 9.59 Å². The number of imide groups is 1. The van der Waals surface area contributed by atoms with Gasteiger partial charge in [0, 0.05) is 34.8 Å².